The van der Waals surface area contributed by atoms with Crippen molar-refractivity contribution in [3.05, 3.63) is 76.7 Å². The number of alkyl halides is 1. The summed E-state index contributed by atoms with van der Waals surface area (Å²) in [6.45, 7) is 15.1. The van der Waals surface area contributed by atoms with Crippen LogP contribution >= 0.6 is 0 Å². The number of nitrogens with one attached hydrogen (secondary N) is 1. The fourth-order valence-electron chi connectivity index (χ4n) is 3.16. The molecule has 1 fully saturated rings. The van der Waals surface area contributed by atoms with E-state index in [0.29, 0.717) is 0 Å². The third-order valence-electron chi connectivity index (χ3n) is 5.03. The molecule has 0 aliphatic carbocycles. The highest BCUT2D eigenvalue weighted by Gasteiger charge is 2.13. The van der Waals surface area contributed by atoms with E-state index in [0.717, 1.165) is 54.4 Å². The number of morpholine rings is 1. The van der Waals surface area contributed by atoms with Gasteiger partial charge in [0.2, 0.25) is 0 Å². The highest BCUT2D eigenvalue weighted by atomic mass is 19.1. The van der Waals surface area contributed by atoms with E-state index in [4.69, 9.17) is 4.74 Å². The predicted octanol–water partition coefficient (Wildman–Crippen LogP) is 5.02. The Labute approximate surface area is 169 Å². The molecule has 1 aliphatic rings. The van der Waals surface area contributed by atoms with E-state index >= 15 is 0 Å². The Kier molecular flexibility index (Phi) is 8.52. The summed E-state index contributed by atoms with van der Waals surface area (Å²) in [5.41, 5.74) is 6.34. The number of aryl methyl sites for hydroxylation is 1. The lowest BCUT2D eigenvalue weighted by Gasteiger charge is -2.30. The van der Waals surface area contributed by atoms with Crippen LogP contribution in [0.4, 0.5) is 4.39 Å². The van der Waals surface area contributed by atoms with Gasteiger partial charge < -0.3 is 15.0 Å². The van der Waals surface area contributed by atoms with Crippen molar-refractivity contribution in [2.75, 3.05) is 33.0 Å². The molecular weight excluding hydrogens is 351 g/mol. The topological polar surface area (TPSA) is 24.5 Å². The lowest BCUT2D eigenvalue weighted by atomic mass is 10.0. The van der Waals surface area contributed by atoms with E-state index < -0.39 is 6.67 Å². The molecule has 1 atom stereocenters. The normalized spacial score (nSPS) is 17.5. The van der Waals surface area contributed by atoms with Crippen LogP contribution in [0.15, 0.2) is 65.5 Å². The maximum absolute atomic E-state index is 13.1. The van der Waals surface area contributed by atoms with Gasteiger partial charge in [0.1, 0.15) is 6.67 Å². The van der Waals surface area contributed by atoms with Crippen molar-refractivity contribution >= 4 is 6.08 Å². The molecule has 1 aromatic carbocycles. The standard InChI is InChI=1S/C24H33FN2O/c1-18-6-8-23(9-7-18)16-19(2)21(4)26-22(5)24(10-11-25)17-20(3)27-12-14-28-15-13-27/h6-10,16-17,22,26H,4,11-15H2,1-3,5H3/b19-16+,20-17+,24-10+. The number of hydrogen-bond donors (Lipinski definition) is 1. The Morgan fingerprint density at radius 2 is 1.89 bits per heavy atom. The van der Waals surface area contributed by atoms with Gasteiger partial charge in [0.15, 0.2) is 0 Å². The van der Waals surface area contributed by atoms with Crippen LogP contribution in [0.5, 0.6) is 0 Å². The van der Waals surface area contributed by atoms with E-state index in [9.17, 15) is 4.39 Å². The van der Waals surface area contributed by atoms with E-state index in [1.165, 1.54) is 5.56 Å². The number of ether oxygens (including phenoxy) is 1. The van der Waals surface area contributed by atoms with Gasteiger partial charge in [-0.05, 0) is 56.6 Å². The smallest absolute Gasteiger partial charge is 0.108 e. The molecule has 1 heterocycles. The van der Waals surface area contributed by atoms with Gasteiger partial charge in [-0.15, -0.1) is 0 Å². The second-order valence-corrected chi connectivity index (χ2v) is 7.33. The van der Waals surface area contributed by atoms with Gasteiger partial charge >= 0.3 is 0 Å². The molecule has 0 spiro atoms. The van der Waals surface area contributed by atoms with Crippen LogP contribution in [-0.4, -0.2) is 43.9 Å². The van der Waals surface area contributed by atoms with Crippen molar-refractivity contribution in [1.82, 2.24) is 10.2 Å². The molecule has 1 saturated heterocycles. The fraction of sp³-hybridized carbons (Fsp3) is 0.417. The van der Waals surface area contributed by atoms with E-state index in [2.05, 4.69) is 67.1 Å². The number of allylic oxidation sites excluding steroid dienone is 3. The molecule has 1 unspecified atom stereocenters. The third-order valence-corrected chi connectivity index (χ3v) is 5.03. The zero-order chi connectivity index (χ0) is 20.5. The predicted molar refractivity (Wildman–Crippen MR) is 117 cm³/mol. The van der Waals surface area contributed by atoms with Crippen molar-refractivity contribution < 1.29 is 9.13 Å². The molecular formula is C24H33FN2O. The van der Waals surface area contributed by atoms with Crippen LogP contribution in [0.2, 0.25) is 0 Å². The summed E-state index contributed by atoms with van der Waals surface area (Å²) in [5, 5.41) is 3.42. The molecule has 0 aromatic heterocycles. The monoisotopic (exact) mass is 384 g/mol. The van der Waals surface area contributed by atoms with Gasteiger partial charge in [-0.1, -0.05) is 42.5 Å². The molecule has 1 N–H and O–H groups in total. The highest BCUT2D eigenvalue weighted by Crippen LogP contribution is 2.17. The Hall–Kier alpha value is -2.33. The van der Waals surface area contributed by atoms with E-state index in [1.54, 1.807) is 6.08 Å². The van der Waals surface area contributed by atoms with Crippen molar-refractivity contribution in [3.8, 4) is 0 Å². The lowest BCUT2D eigenvalue weighted by Crippen LogP contribution is -2.35. The van der Waals surface area contributed by atoms with E-state index in [1.807, 2.05) is 13.8 Å². The van der Waals surface area contributed by atoms with Gasteiger partial charge in [-0.25, -0.2) is 4.39 Å². The van der Waals surface area contributed by atoms with Gasteiger partial charge in [-0.3, -0.25) is 0 Å². The fourth-order valence-corrected chi connectivity index (χ4v) is 3.16. The molecule has 2 rings (SSSR count). The number of hydrogen-bond acceptors (Lipinski definition) is 3. The summed E-state index contributed by atoms with van der Waals surface area (Å²) in [4.78, 5) is 2.28. The Morgan fingerprint density at radius 1 is 1.25 bits per heavy atom. The average Bonchev–Trinajstić information content (AvgIpc) is 2.69. The molecule has 152 valence electrons. The van der Waals surface area contributed by atoms with Crippen LogP contribution in [0.3, 0.4) is 0 Å². The zero-order valence-electron chi connectivity index (χ0n) is 17.6. The summed E-state index contributed by atoms with van der Waals surface area (Å²) in [6.07, 6.45) is 5.80. The molecule has 1 aliphatic heterocycles. The Morgan fingerprint density at radius 3 is 2.50 bits per heavy atom. The molecule has 0 saturated carbocycles. The maximum Gasteiger partial charge on any atom is 0.108 e. The highest BCUT2D eigenvalue weighted by molar-refractivity contribution is 5.57. The largest absolute Gasteiger partial charge is 0.379 e. The maximum atomic E-state index is 13.1. The number of benzene rings is 1. The molecule has 0 amide bonds. The summed E-state index contributed by atoms with van der Waals surface area (Å²) in [6, 6.07) is 8.34. The number of rotatable bonds is 8. The van der Waals surface area contributed by atoms with Crippen molar-refractivity contribution in [2.24, 2.45) is 0 Å². The first-order valence-electron chi connectivity index (χ1n) is 9.88. The SMILES string of the molecule is C=C(NC(C)C(=C/CF)/C=C(\C)N1CCOCC1)/C(C)=C/c1ccc(C)cc1. The van der Waals surface area contributed by atoms with Crippen molar-refractivity contribution in [2.45, 2.75) is 33.7 Å². The minimum Gasteiger partial charge on any atom is -0.379 e. The van der Waals surface area contributed by atoms with Crippen LogP contribution < -0.4 is 5.32 Å². The van der Waals surface area contributed by atoms with Gasteiger partial charge in [0.25, 0.3) is 0 Å². The van der Waals surface area contributed by atoms with Crippen LogP contribution in [0, 0.1) is 6.92 Å². The van der Waals surface area contributed by atoms with E-state index in [-0.39, 0.29) is 6.04 Å². The first-order chi connectivity index (χ1) is 13.4. The minimum absolute atomic E-state index is 0.0411. The first kappa shape index (κ1) is 22.0. The van der Waals surface area contributed by atoms with Gasteiger partial charge in [0.05, 0.1) is 13.2 Å². The molecule has 3 nitrogen and oxygen atoms in total. The third kappa shape index (κ3) is 6.68. The molecule has 4 heteroatoms. The molecule has 0 radical (unpaired) electrons. The zero-order valence-corrected chi connectivity index (χ0v) is 17.6. The molecule has 1 aromatic rings. The number of nitrogens with zero attached hydrogens (tertiary/aromatic N) is 1. The minimum atomic E-state index is -0.487. The second kappa shape index (κ2) is 10.9. The average molecular weight is 385 g/mol. The van der Waals surface area contributed by atoms with Crippen LogP contribution in [-0.2, 0) is 4.74 Å². The summed E-state index contributed by atoms with van der Waals surface area (Å²) in [7, 11) is 0. The second-order valence-electron chi connectivity index (χ2n) is 7.33. The van der Waals surface area contributed by atoms with Crippen molar-refractivity contribution in [3.63, 3.8) is 0 Å². The summed E-state index contributed by atoms with van der Waals surface area (Å²) in [5.74, 6) is 0. The van der Waals surface area contributed by atoms with Crippen molar-refractivity contribution in [1.29, 1.82) is 0 Å². The van der Waals surface area contributed by atoms with Crippen LogP contribution in [0.25, 0.3) is 6.08 Å². The van der Waals surface area contributed by atoms with Gasteiger partial charge in [0, 0.05) is 30.5 Å². The molecule has 0 bridgehead atoms. The quantitative estimate of drug-likeness (QED) is 0.637. The lowest BCUT2D eigenvalue weighted by molar-refractivity contribution is 0.0537. The summed E-state index contributed by atoms with van der Waals surface area (Å²) >= 11 is 0. The van der Waals surface area contributed by atoms with Crippen LogP contribution in [0.1, 0.15) is 31.9 Å². The Balaban J connectivity index is 2.06. The number of halogens is 1. The molecule has 28 heavy (non-hydrogen) atoms. The Bertz CT molecular complexity index is 740. The van der Waals surface area contributed by atoms with Gasteiger partial charge in [-0.2, -0.15) is 0 Å². The summed E-state index contributed by atoms with van der Waals surface area (Å²) < 4.78 is 18.5. The first-order valence-corrected chi connectivity index (χ1v) is 9.88.